The van der Waals surface area contributed by atoms with Gasteiger partial charge in [0.15, 0.2) is 23.1 Å². The number of ketones is 1. The van der Waals surface area contributed by atoms with Gasteiger partial charge in [-0.2, -0.15) is 0 Å². The van der Waals surface area contributed by atoms with Crippen LogP contribution in [0.2, 0.25) is 0 Å². The van der Waals surface area contributed by atoms with Gasteiger partial charge in [0.2, 0.25) is 0 Å². The zero-order valence-corrected chi connectivity index (χ0v) is 34.6. The summed E-state index contributed by atoms with van der Waals surface area (Å²) < 4.78 is 0. The molecule has 0 aromatic carbocycles. The fourth-order valence-corrected chi connectivity index (χ4v) is 7.06. The summed E-state index contributed by atoms with van der Waals surface area (Å²) >= 11 is 0. The first-order valence-electron chi connectivity index (χ1n) is 20.3. The molecule has 4 aliphatic heterocycles. The number of urea groups is 2. The molecule has 4 bridgehead atoms. The van der Waals surface area contributed by atoms with Crippen LogP contribution in [0, 0.1) is 17.8 Å². The molecule has 4 amide bonds. The number of Topliss-reactive ketones (excluding diaryl/α,β-unsaturated/α-hetero) is 1. The summed E-state index contributed by atoms with van der Waals surface area (Å²) in [6.45, 7) is 15.8. The topological polar surface area (TPSA) is 203 Å². The number of anilines is 6. The molecule has 0 saturated carbocycles. The van der Waals surface area contributed by atoms with Crippen molar-refractivity contribution >= 4 is 58.5 Å². The summed E-state index contributed by atoms with van der Waals surface area (Å²) in [4.78, 5) is 74.6. The second kappa shape index (κ2) is 18.6. The minimum absolute atomic E-state index is 0.0204. The molecule has 4 aliphatic rings. The number of hydrogen-bond donors (Lipinski definition) is 4. The molecule has 4 aromatic rings. The second-order valence-electron chi connectivity index (χ2n) is 16.1. The van der Waals surface area contributed by atoms with Gasteiger partial charge in [-0.25, -0.2) is 34.3 Å². The fourth-order valence-electron chi connectivity index (χ4n) is 7.06. The van der Waals surface area contributed by atoms with E-state index in [1.165, 1.54) is 6.07 Å². The van der Waals surface area contributed by atoms with E-state index < -0.39 is 5.97 Å². The SMILES string of the molecule is CC(C)[C@@H](C)CC(=O)c1ccc2c(n1)N(C(=O)Nc1ccccn1)[C@H]1CCN2C1.CC(C)[C@@H](C)N.O=C(O)c1ccc2c(n1)N(C(=O)Nc1ccccn1)[C@H]1CCN2C1. The number of amides is 4. The van der Waals surface area contributed by atoms with Crippen molar-refractivity contribution in [3.05, 3.63) is 84.4 Å². The maximum absolute atomic E-state index is 13.1. The average molecular weight is 806 g/mol. The number of carbonyl (C=O) groups is 4. The molecule has 4 aromatic heterocycles. The Morgan fingerprint density at radius 2 is 1.15 bits per heavy atom. The zero-order chi connectivity index (χ0) is 42.4. The van der Waals surface area contributed by atoms with E-state index in [-0.39, 0.29) is 41.5 Å². The quantitative estimate of drug-likeness (QED) is 0.136. The Balaban J connectivity index is 0.000000177. The van der Waals surface area contributed by atoms with Crippen molar-refractivity contribution in [3.63, 3.8) is 0 Å². The number of carbonyl (C=O) groups excluding carboxylic acids is 3. The molecule has 8 heterocycles. The molecule has 8 rings (SSSR count). The van der Waals surface area contributed by atoms with E-state index in [0.717, 1.165) is 50.4 Å². The molecular formula is C43H55N11O5. The Hall–Kier alpha value is -6.16. The number of nitrogens with zero attached hydrogens (tertiary/aromatic N) is 8. The van der Waals surface area contributed by atoms with Crippen LogP contribution >= 0.6 is 0 Å². The van der Waals surface area contributed by atoms with Crippen LogP contribution in [0.3, 0.4) is 0 Å². The number of aromatic nitrogens is 4. The number of hydrogen-bond acceptors (Lipinski definition) is 11. The Morgan fingerprint density at radius 3 is 1.56 bits per heavy atom. The fraction of sp³-hybridized carbons (Fsp3) is 0.442. The predicted octanol–water partition coefficient (Wildman–Crippen LogP) is 6.77. The van der Waals surface area contributed by atoms with Gasteiger partial charge in [0.1, 0.15) is 17.3 Å². The number of aromatic carboxylic acids is 1. The van der Waals surface area contributed by atoms with Crippen LogP contribution in [0.15, 0.2) is 73.1 Å². The summed E-state index contributed by atoms with van der Waals surface area (Å²) in [5.41, 5.74) is 7.47. The molecular weight excluding hydrogens is 751 g/mol. The zero-order valence-electron chi connectivity index (χ0n) is 34.6. The highest BCUT2D eigenvalue weighted by Gasteiger charge is 2.42. The van der Waals surface area contributed by atoms with Gasteiger partial charge in [0.25, 0.3) is 0 Å². The highest BCUT2D eigenvalue weighted by Crippen LogP contribution is 2.40. The molecule has 5 N–H and O–H groups in total. The van der Waals surface area contributed by atoms with Gasteiger partial charge in [-0.05, 0) is 86.1 Å². The molecule has 0 aliphatic carbocycles. The standard InChI is InChI=1S/C22H27N5O2.C16H15N5O3.C5H13N/c1-14(2)15(3)12-19(28)17-7-8-18-21(24-17)27(16-9-11-26(18)13-16)22(29)25-20-6-4-5-10-23-20;22-15(23)11-4-5-12-14(18-11)21(10-6-8-20(12)9-10)16(24)19-13-3-1-2-7-17-13;1-4(2)5(3)6/h4-8,10,14-16H,9,11-13H2,1-3H3,(H,23,25,29);1-5,7,10H,6,8-9H2,(H,22,23)(H,17,19,24);4-5H,6H2,1-3H3/t15-,16-;10-;5-/m001/s1. The van der Waals surface area contributed by atoms with E-state index in [2.05, 4.69) is 75.0 Å². The first kappa shape index (κ1) is 42.4. The van der Waals surface area contributed by atoms with Crippen LogP contribution < -0.4 is 36.0 Å². The van der Waals surface area contributed by atoms with E-state index in [1.54, 1.807) is 64.7 Å². The molecule has 0 radical (unpaired) electrons. The van der Waals surface area contributed by atoms with Crippen molar-refractivity contribution in [3.8, 4) is 0 Å². The van der Waals surface area contributed by atoms with Gasteiger partial charge < -0.3 is 20.6 Å². The Kier molecular flexibility index (Phi) is 13.4. The molecule has 312 valence electrons. The highest BCUT2D eigenvalue weighted by molar-refractivity contribution is 6.06. The third-order valence-corrected chi connectivity index (χ3v) is 11.3. The largest absolute Gasteiger partial charge is 0.477 e. The molecule has 0 unspecified atom stereocenters. The van der Waals surface area contributed by atoms with Crippen LogP contribution in [0.4, 0.5) is 44.2 Å². The minimum atomic E-state index is -1.11. The van der Waals surface area contributed by atoms with Crippen LogP contribution in [0.1, 0.15) is 81.8 Å². The molecule has 2 fully saturated rings. The number of fused-ring (bicyclic) bond motifs is 8. The lowest BCUT2D eigenvalue weighted by molar-refractivity contribution is 0.0690. The number of carboxylic acids is 1. The summed E-state index contributed by atoms with van der Waals surface area (Å²) in [5.74, 6) is 2.14. The summed E-state index contributed by atoms with van der Waals surface area (Å²) in [7, 11) is 0. The van der Waals surface area contributed by atoms with Crippen molar-refractivity contribution in [2.75, 3.05) is 56.4 Å². The number of carboxylic acid groups (broad SMARTS) is 1. The normalized spacial score (nSPS) is 18.1. The van der Waals surface area contributed by atoms with Crippen molar-refractivity contribution in [2.45, 2.75) is 78.9 Å². The number of pyridine rings is 4. The molecule has 2 saturated heterocycles. The maximum Gasteiger partial charge on any atom is 0.354 e. The smallest absolute Gasteiger partial charge is 0.354 e. The van der Waals surface area contributed by atoms with Gasteiger partial charge in [-0.3, -0.25) is 25.2 Å². The van der Waals surface area contributed by atoms with Crippen LogP contribution in [-0.2, 0) is 0 Å². The third-order valence-electron chi connectivity index (χ3n) is 11.3. The van der Waals surface area contributed by atoms with E-state index in [9.17, 15) is 24.3 Å². The molecule has 0 spiro atoms. The lowest BCUT2D eigenvalue weighted by atomic mass is 9.92. The van der Waals surface area contributed by atoms with E-state index in [1.807, 2.05) is 19.1 Å². The summed E-state index contributed by atoms with van der Waals surface area (Å²) in [6, 6.07) is 17.3. The lowest BCUT2D eigenvalue weighted by Crippen LogP contribution is -2.48. The predicted molar refractivity (Wildman–Crippen MR) is 230 cm³/mol. The van der Waals surface area contributed by atoms with Gasteiger partial charge in [-0.1, -0.05) is 46.8 Å². The Morgan fingerprint density at radius 1 is 0.695 bits per heavy atom. The van der Waals surface area contributed by atoms with Gasteiger partial charge >= 0.3 is 18.0 Å². The molecule has 4 atom stereocenters. The first-order chi connectivity index (χ1) is 28.2. The molecule has 16 nitrogen and oxygen atoms in total. The van der Waals surface area contributed by atoms with Crippen LogP contribution in [-0.4, -0.2) is 93.2 Å². The number of rotatable bonds is 8. The Labute approximate surface area is 345 Å². The average Bonchev–Trinajstić information content (AvgIpc) is 3.84. The van der Waals surface area contributed by atoms with Crippen molar-refractivity contribution in [1.82, 2.24) is 19.9 Å². The summed E-state index contributed by atoms with van der Waals surface area (Å²) in [6.07, 6.45) is 5.38. The maximum atomic E-state index is 13.1. The lowest BCUT2D eigenvalue weighted by Gasteiger charge is -2.35. The van der Waals surface area contributed by atoms with Gasteiger partial charge in [0.05, 0.1) is 23.5 Å². The van der Waals surface area contributed by atoms with Gasteiger partial charge in [-0.15, -0.1) is 0 Å². The number of nitrogens with two attached hydrogens (primary N) is 1. The first-order valence-corrected chi connectivity index (χ1v) is 20.3. The molecule has 16 heteroatoms. The summed E-state index contributed by atoms with van der Waals surface area (Å²) in [5, 5.41) is 14.8. The van der Waals surface area contributed by atoms with Crippen molar-refractivity contribution in [1.29, 1.82) is 0 Å². The minimum Gasteiger partial charge on any atom is -0.477 e. The van der Waals surface area contributed by atoms with Crippen molar-refractivity contribution in [2.24, 2.45) is 23.5 Å². The van der Waals surface area contributed by atoms with Gasteiger partial charge in [0, 0.05) is 51.0 Å². The highest BCUT2D eigenvalue weighted by atomic mass is 16.4. The van der Waals surface area contributed by atoms with Crippen LogP contribution in [0.25, 0.3) is 0 Å². The van der Waals surface area contributed by atoms with E-state index in [0.29, 0.717) is 53.3 Å². The van der Waals surface area contributed by atoms with E-state index >= 15 is 0 Å². The third kappa shape index (κ3) is 9.94. The van der Waals surface area contributed by atoms with E-state index in [4.69, 9.17) is 5.73 Å². The van der Waals surface area contributed by atoms with Crippen molar-refractivity contribution < 1.29 is 24.3 Å². The monoisotopic (exact) mass is 805 g/mol. The number of nitrogens with one attached hydrogen (secondary N) is 2. The second-order valence-corrected chi connectivity index (χ2v) is 16.1. The Bertz CT molecular complexity index is 2110. The molecule has 59 heavy (non-hydrogen) atoms. The van der Waals surface area contributed by atoms with Crippen LogP contribution in [0.5, 0.6) is 0 Å².